The van der Waals surface area contributed by atoms with Gasteiger partial charge in [0.25, 0.3) is 6.10 Å². The fraction of sp³-hybridized carbons (Fsp3) is 0.444. The molecule has 1 rings (SSSR count). The maximum Gasteiger partial charge on any atom is 0.359 e. The Morgan fingerprint density at radius 3 is 2.36 bits per heavy atom. The number of ether oxygens (including phenoxy) is 3. The zero-order valence-corrected chi connectivity index (χ0v) is 14.4. The lowest BCUT2D eigenvalue weighted by molar-refractivity contribution is -0.169. The van der Waals surface area contributed by atoms with Gasteiger partial charge in [-0.2, -0.15) is 5.26 Å². The van der Waals surface area contributed by atoms with Crippen LogP contribution < -0.4 is 0 Å². The highest BCUT2D eigenvalue weighted by atomic mass is 16.6. The van der Waals surface area contributed by atoms with Crippen LogP contribution in [0, 0.1) is 11.3 Å². The number of nitrogens with zero attached hydrogens (tertiary/aromatic N) is 2. The molecule has 0 aromatic carbocycles. The van der Waals surface area contributed by atoms with Gasteiger partial charge in [-0.1, -0.05) is 19.9 Å². The van der Waals surface area contributed by atoms with Crippen molar-refractivity contribution in [3.63, 3.8) is 0 Å². The lowest BCUT2D eigenvalue weighted by atomic mass is 10.1. The number of nitriles is 1. The van der Waals surface area contributed by atoms with Crippen LogP contribution in [-0.4, -0.2) is 36.2 Å². The second-order valence-electron chi connectivity index (χ2n) is 5.14. The van der Waals surface area contributed by atoms with Crippen LogP contribution in [0.5, 0.6) is 0 Å². The standard InChI is InChI=1S/C18H22N2O5/c1-3-8-23-17(21)16(18(22)24-9-4-2)25-13-15(11-19)10-14-6-5-7-20-12-14/h5-7,12-13,16H,3-4,8-10H2,1-2H3/b15-13-. The molecule has 0 N–H and O–H groups in total. The Morgan fingerprint density at radius 1 is 1.24 bits per heavy atom. The number of hydrogen-bond acceptors (Lipinski definition) is 7. The van der Waals surface area contributed by atoms with E-state index >= 15 is 0 Å². The summed E-state index contributed by atoms with van der Waals surface area (Å²) in [6.45, 7) is 4.01. The van der Waals surface area contributed by atoms with Crippen LogP contribution in [0.25, 0.3) is 0 Å². The lowest BCUT2D eigenvalue weighted by Gasteiger charge is -2.15. The SMILES string of the molecule is CCCOC(=O)C(O/C=C(\C#N)Cc1cccnc1)C(=O)OCCC. The van der Waals surface area contributed by atoms with Gasteiger partial charge in [-0.3, -0.25) is 4.98 Å². The molecule has 7 heteroatoms. The molecule has 0 aliphatic heterocycles. The largest absolute Gasteiger partial charge is 0.474 e. The molecule has 134 valence electrons. The first-order valence-corrected chi connectivity index (χ1v) is 8.09. The Morgan fingerprint density at radius 2 is 1.88 bits per heavy atom. The Hall–Kier alpha value is -2.88. The van der Waals surface area contributed by atoms with Crippen molar-refractivity contribution in [2.24, 2.45) is 0 Å². The maximum absolute atomic E-state index is 12.0. The smallest absolute Gasteiger partial charge is 0.359 e. The normalized spacial score (nSPS) is 10.9. The second kappa shape index (κ2) is 11.6. The van der Waals surface area contributed by atoms with Gasteiger partial charge in [0.2, 0.25) is 0 Å². The molecule has 0 aliphatic carbocycles. The van der Waals surface area contributed by atoms with E-state index in [2.05, 4.69) is 4.98 Å². The predicted molar refractivity (Wildman–Crippen MR) is 89.0 cm³/mol. The van der Waals surface area contributed by atoms with Crippen molar-refractivity contribution in [3.05, 3.63) is 41.9 Å². The molecule has 0 amide bonds. The summed E-state index contributed by atoms with van der Waals surface area (Å²) in [5.41, 5.74) is 1.04. The summed E-state index contributed by atoms with van der Waals surface area (Å²) >= 11 is 0. The first-order chi connectivity index (χ1) is 12.1. The van der Waals surface area contributed by atoms with Crippen molar-refractivity contribution in [1.29, 1.82) is 5.26 Å². The number of esters is 2. The number of carbonyl (C=O) groups is 2. The van der Waals surface area contributed by atoms with Gasteiger partial charge in [0.05, 0.1) is 31.1 Å². The van der Waals surface area contributed by atoms with Gasteiger partial charge in [-0.05, 0) is 24.5 Å². The molecule has 1 heterocycles. The van der Waals surface area contributed by atoms with E-state index in [-0.39, 0.29) is 25.2 Å². The highest BCUT2D eigenvalue weighted by Crippen LogP contribution is 2.09. The van der Waals surface area contributed by atoms with Gasteiger partial charge in [0.15, 0.2) is 0 Å². The van der Waals surface area contributed by atoms with E-state index in [0.29, 0.717) is 12.8 Å². The Bertz CT molecular complexity index is 602. The molecule has 0 unspecified atom stereocenters. The molecule has 1 aromatic heterocycles. The van der Waals surface area contributed by atoms with E-state index in [1.54, 1.807) is 24.5 Å². The van der Waals surface area contributed by atoms with Crippen molar-refractivity contribution in [2.45, 2.75) is 39.2 Å². The number of allylic oxidation sites excluding steroid dienone is 1. The molecule has 0 bridgehead atoms. The number of aromatic nitrogens is 1. The zero-order valence-electron chi connectivity index (χ0n) is 14.4. The molecule has 25 heavy (non-hydrogen) atoms. The second-order valence-corrected chi connectivity index (χ2v) is 5.14. The minimum Gasteiger partial charge on any atom is -0.474 e. The molecular formula is C18H22N2O5. The molecule has 0 saturated carbocycles. The van der Waals surface area contributed by atoms with Crippen LogP contribution in [0.3, 0.4) is 0 Å². The molecule has 7 nitrogen and oxygen atoms in total. The van der Waals surface area contributed by atoms with Crippen molar-refractivity contribution in [3.8, 4) is 6.07 Å². The number of pyridine rings is 1. The van der Waals surface area contributed by atoms with Gasteiger partial charge < -0.3 is 14.2 Å². The van der Waals surface area contributed by atoms with E-state index in [1.807, 2.05) is 19.9 Å². The number of hydrogen-bond donors (Lipinski definition) is 0. The Balaban J connectivity index is 2.81. The fourth-order valence-electron chi connectivity index (χ4n) is 1.74. The fourth-order valence-corrected chi connectivity index (χ4v) is 1.74. The highest BCUT2D eigenvalue weighted by molar-refractivity contribution is 5.98. The van der Waals surface area contributed by atoms with Crippen LogP contribution in [0.2, 0.25) is 0 Å². The van der Waals surface area contributed by atoms with Gasteiger partial charge >= 0.3 is 11.9 Å². The van der Waals surface area contributed by atoms with Gasteiger partial charge in [-0.15, -0.1) is 0 Å². The molecule has 0 saturated heterocycles. The van der Waals surface area contributed by atoms with Gasteiger partial charge in [-0.25, -0.2) is 9.59 Å². The summed E-state index contributed by atoms with van der Waals surface area (Å²) in [5.74, 6) is -1.67. The summed E-state index contributed by atoms with van der Waals surface area (Å²) < 4.78 is 15.1. The van der Waals surface area contributed by atoms with Crippen LogP contribution in [0.15, 0.2) is 36.4 Å². The van der Waals surface area contributed by atoms with E-state index in [1.165, 1.54) is 0 Å². The third-order valence-corrected chi connectivity index (χ3v) is 2.93. The Kier molecular flexibility index (Phi) is 9.38. The van der Waals surface area contributed by atoms with E-state index < -0.39 is 18.0 Å². The zero-order chi connectivity index (χ0) is 18.5. The molecule has 0 spiro atoms. The number of carbonyl (C=O) groups excluding carboxylic acids is 2. The molecule has 0 atom stereocenters. The van der Waals surface area contributed by atoms with Crippen molar-refractivity contribution in [2.75, 3.05) is 13.2 Å². The summed E-state index contributed by atoms with van der Waals surface area (Å²) in [4.78, 5) is 28.0. The Labute approximate surface area is 147 Å². The van der Waals surface area contributed by atoms with Crippen molar-refractivity contribution < 1.29 is 23.8 Å². The first-order valence-electron chi connectivity index (χ1n) is 8.09. The topological polar surface area (TPSA) is 98.5 Å². The van der Waals surface area contributed by atoms with Crippen molar-refractivity contribution in [1.82, 2.24) is 4.98 Å². The molecule has 0 radical (unpaired) electrons. The third-order valence-electron chi connectivity index (χ3n) is 2.93. The predicted octanol–water partition coefficient (Wildman–Crippen LogP) is 2.32. The minimum absolute atomic E-state index is 0.171. The maximum atomic E-state index is 12.0. The summed E-state index contributed by atoms with van der Waals surface area (Å²) in [6, 6.07) is 5.53. The summed E-state index contributed by atoms with van der Waals surface area (Å²) in [5, 5.41) is 9.21. The minimum atomic E-state index is -1.55. The molecule has 0 fully saturated rings. The monoisotopic (exact) mass is 346 g/mol. The summed E-state index contributed by atoms with van der Waals surface area (Å²) in [7, 11) is 0. The molecule has 1 aromatic rings. The number of rotatable bonds is 10. The van der Waals surface area contributed by atoms with Crippen LogP contribution in [0.4, 0.5) is 0 Å². The van der Waals surface area contributed by atoms with Crippen LogP contribution >= 0.6 is 0 Å². The average molecular weight is 346 g/mol. The van der Waals surface area contributed by atoms with E-state index in [9.17, 15) is 14.9 Å². The van der Waals surface area contributed by atoms with Gasteiger partial charge in [0.1, 0.15) is 0 Å². The average Bonchev–Trinajstić information content (AvgIpc) is 2.64. The first kappa shape index (κ1) is 20.2. The highest BCUT2D eigenvalue weighted by Gasteiger charge is 2.31. The van der Waals surface area contributed by atoms with Gasteiger partial charge in [0, 0.05) is 18.8 Å². The van der Waals surface area contributed by atoms with Crippen molar-refractivity contribution >= 4 is 11.9 Å². The molecular weight excluding hydrogens is 324 g/mol. The molecule has 0 aliphatic rings. The van der Waals surface area contributed by atoms with E-state index in [0.717, 1.165) is 11.8 Å². The van der Waals surface area contributed by atoms with Crippen LogP contribution in [0.1, 0.15) is 32.3 Å². The quantitative estimate of drug-likeness (QED) is 0.277. The summed E-state index contributed by atoms with van der Waals surface area (Å²) in [6.07, 6.45) is 4.29. The van der Waals surface area contributed by atoms with E-state index in [4.69, 9.17) is 14.2 Å². The lowest BCUT2D eigenvalue weighted by Crippen LogP contribution is -2.35. The third kappa shape index (κ3) is 7.48. The van der Waals surface area contributed by atoms with Crippen LogP contribution in [-0.2, 0) is 30.2 Å².